The van der Waals surface area contributed by atoms with E-state index in [1.165, 1.54) is 31.2 Å². The molecule has 0 unspecified atom stereocenters. The van der Waals surface area contributed by atoms with Crippen LogP contribution in [0.3, 0.4) is 0 Å². The summed E-state index contributed by atoms with van der Waals surface area (Å²) in [4.78, 5) is 0. The molecule has 0 amide bonds. The Kier molecular flexibility index (Phi) is 3.72. The van der Waals surface area contributed by atoms with Crippen molar-refractivity contribution in [3.63, 3.8) is 0 Å². The minimum absolute atomic E-state index is 0.115. The molecule has 0 bridgehead atoms. The highest BCUT2D eigenvalue weighted by molar-refractivity contribution is 9.10. The third kappa shape index (κ3) is 2.36. The van der Waals surface area contributed by atoms with Crippen LogP contribution < -0.4 is 15.2 Å². The van der Waals surface area contributed by atoms with Gasteiger partial charge in [0, 0.05) is 22.9 Å². The van der Waals surface area contributed by atoms with Gasteiger partial charge in [0.1, 0.15) is 0 Å². The summed E-state index contributed by atoms with van der Waals surface area (Å²) in [5.74, 6) is 1.72. The molecule has 0 atom stereocenters. The van der Waals surface area contributed by atoms with Crippen molar-refractivity contribution in [1.29, 1.82) is 0 Å². The zero-order valence-electron chi connectivity index (χ0n) is 11.1. The van der Waals surface area contributed by atoms with Gasteiger partial charge in [-0.3, -0.25) is 0 Å². The predicted octanol–water partition coefficient (Wildman–Crippen LogP) is 3.38. The predicted molar refractivity (Wildman–Crippen MR) is 78.9 cm³/mol. The number of benzene rings is 1. The Hall–Kier alpha value is -0.740. The fourth-order valence-electron chi connectivity index (χ4n) is 3.23. The van der Waals surface area contributed by atoms with Crippen LogP contribution >= 0.6 is 15.9 Å². The van der Waals surface area contributed by atoms with Gasteiger partial charge in [0.05, 0.1) is 13.2 Å². The molecule has 3 rings (SSSR count). The van der Waals surface area contributed by atoms with Gasteiger partial charge in [0.25, 0.3) is 0 Å². The Morgan fingerprint density at radius 2 is 1.68 bits per heavy atom. The van der Waals surface area contributed by atoms with Gasteiger partial charge in [-0.15, -0.1) is 0 Å². The molecule has 4 heteroatoms. The van der Waals surface area contributed by atoms with Crippen LogP contribution in [0.15, 0.2) is 16.6 Å². The number of rotatable bonds is 2. The monoisotopic (exact) mass is 325 g/mol. The van der Waals surface area contributed by atoms with Gasteiger partial charge in [0.2, 0.25) is 0 Å². The van der Waals surface area contributed by atoms with Gasteiger partial charge in [-0.2, -0.15) is 0 Å². The lowest BCUT2D eigenvalue weighted by atomic mass is 9.79. The SMILES string of the molecule is NCC1(c2cc3c(cc2Br)OCCCO3)CCCC1. The second-order valence-electron chi connectivity index (χ2n) is 5.52. The molecule has 2 N–H and O–H groups in total. The van der Waals surface area contributed by atoms with E-state index >= 15 is 0 Å². The molecule has 1 aliphatic carbocycles. The van der Waals surface area contributed by atoms with Crippen molar-refractivity contribution < 1.29 is 9.47 Å². The van der Waals surface area contributed by atoms with Crippen molar-refractivity contribution in [3.8, 4) is 11.5 Å². The Labute approximate surface area is 122 Å². The van der Waals surface area contributed by atoms with E-state index in [0.29, 0.717) is 6.54 Å². The van der Waals surface area contributed by atoms with E-state index in [2.05, 4.69) is 22.0 Å². The van der Waals surface area contributed by atoms with Crippen LogP contribution in [-0.4, -0.2) is 19.8 Å². The number of nitrogens with two attached hydrogens (primary N) is 1. The van der Waals surface area contributed by atoms with Crippen molar-refractivity contribution in [2.75, 3.05) is 19.8 Å². The van der Waals surface area contributed by atoms with Crippen LogP contribution in [-0.2, 0) is 5.41 Å². The number of hydrogen-bond acceptors (Lipinski definition) is 3. The van der Waals surface area contributed by atoms with Crippen LogP contribution in [0.1, 0.15) is 37.7 Å². The molecule has 19 heavy (non-hydrogen) atoms. The fourth-order valence-corrected chi connectivity index (χ4v) is 3.97. The highest BCUT2D eigenvalue weighted by atomic mass is 79.9. The first-order chi connectivity index (χ1) is 9.25. The van der Waals surface area contributed by atoms with Gasteiger partial charge >= 0.3 is 0 Å². The zero-order valence-corrected chi connectivity index (χ0v) is 12.7. The normalized spacial score (nSPS) is 21.2. The molecule has 1 aromatic rings. The molecule has 1 aliphatic heterocycles. The Morgan fingerprint density at radius 3 is 2.32 bits per heavy atom. The molecule has 3 nitrogen and oxygen atoms in total. The lowest BCUT2D eigenvalue weighted by Gasteiger charge is -2.29. The molecular weight excluding hydrogens is 306 g/mol. The smallest absolute Gasteiger partial charge is 0.162 e. The van der Waals surface area contributed by atoms with E-state index in [9.17, 15) is 0 Å². The molecule has 0 radical (unpaired) electrons. The maximum Gasteiger partial charge on any atom is 0.162 e. The molecule has 2 aliphatic rings. The van der Waals surface area contributed by atoms with E-state index in [1.807, 2.05) is 6.07 Å². The van der Waals surface area contributed by atoms with Crippen molar-refractivity contribution in [3.05, 3.63) is 22.2 Å². The first-order valence-corrected chi connectivity index (χ1v) is 7.84. The molecule has 1 heterocycles. The summed E-state index contributed by atoms with van der Waals surface area (Å²) >= 11 is 3.70. The Bertz CT molecular complexity index is 469. The summed E-state index contributed by atoms with van der Waals surface area (Å²) in [6.07, 6.45) is 5.79. The maximum absolute atomic E-state index is 6.08. The average molecular weight is 326 g/mol. The summed E-state index contributed by atoms with van der Waals surface area (Å²) in [5, 5.41) is 0. The molecule has 0 aromatic heterocycles. The average Bonchev–Trinajstić information content (AvgIpc) is 2.79. The third-order valence-corrected chi connectivity index (χ3v) is 5.02. The van der Waals surface area contributed by atoms with E-state index in [-0.39, 0.29) is 5.41 Å². The zero-order chi connectivity index (χ0) is 13.3. The van der Waals surface area contributed by atoms with Crippen LogP contribution in [0.25, 0.3) is 0 Å². The fraction of sp³-hybridized carbons (Fsp3) is 0.600. The number of fused-ring (bicyclic) bond motifs is 1. The molecule has 104 valence electrons. The standard InChI is InChI=1S/C15H20BrNO2/c16-12-9-14-13(18-6-3-7-19-14)8-11(12)15(10-17)4-1-2-5-15/h8-9H,1-7,10,17H2. The van der Waals surface area contributed by atoms with Gasteiger partial charge in [-0.25, -0.2) is 0 Å². The van der Waals surface area contributed by atoms with Crippen molar-refractivity contribution in [2.45, 2.75) is 37.5 Å². The molecule has 1 fully saturated rings. The van der Waals surface area contributed by atoms with Gasteiger partial charge in [0.15, 0.2) is 11.5 Å². The molecule has 1 aromatic carbocycles. The van der Waals surface area contributed by atoms with Crippen molar-refractivity contribution in [2.24, 2.45) is 5.73 Å². The summed E-state index contributed by atoms with van der Waals surface area (Å²) < 4.78 is 12.6. The summed E-state index contributed by atoms with van der Waals surface area (Å²) in [6.45, 7) is 2.15. The molecular formula is C15H20BrNO2. The van der Waals surface area contributed by atoms with E-state index in [0.717, 1.165) is 35.6 Å². The minimum atomic E-state index is 0.115. The van der Waals surface area contributed by atoms with Crippen LogP contribution in [0.5, 0.6) is 11.5 Å². The molecule has 1 saturated carbocycles. The van der Waals surface area contributed by atoms with Crippen molar-refractivity contribution >= 4 is 15.9 Å². The van der Waals surface area contributed by atoms with Gasteiger partial charge < -0.3 is 15.2 Å². The Balaban J connectivity index is 2.04. The van der Waals surface area contributed by atoms with Crippen molar-refractivity contribution in [1.82, 2.24) is 0 Å². The van der Waals surface area contributed by atoms with E-state index < -0.39 is 0 Å². The first-order valence-electron chi connectivity index (χ1n) is 7.05. The molecule has 0 spiro atoms. The first kappa shape index (κ1) is 13.3. The van der Waals surface area contributed by atoms with Gasteiger partial charge in [-0.05, 0) is 30.5 Å². The second-order valence-corrected chi connectivity index (χ2v) is 6.38. The lowest BCUT2D eigenvalue weighted by molar-refractivity contribution is 0.296. The lowest BCUT2D eigenvalue weighted by Crippen LogP contribution is -2.32. The summed E-state index contributed by atoms with van der Waals surface area (Å²) in [5.41, 5.74) is 7.49. The minimum Gasteiger partial charge on any atom is -0.490 e. The quantitative estimate of drug-likeness (QED) is 0.906. The Morgan fingerprint density at radius 1 is 1.05 bits per heavy atom. The number of hydrogen-bond donors (Lipinski definition) is 1. The van der Waals surface area contributed by atoms with E-state index in [4.69, 9.17) is 15.2 Å². The van der Waals surface area contributed by atoms with Crippen LogP contribution in [0.4, 0.5) is 0 Å². The van der Waals surface area contributed by atoms with Crippen LogP contribution in [0, 0.1) is 0 Å². The third-order valence-electron chi connectivity index (χ3n) is 4.36. The highest BCUT2D eigenvalue weighted by Gasteiger charge is 2.36. The number of halogens is 1. The van der Waals surface area contributed by atoms with Gasteiger partial charge in [-0.1, -0.05) is 28.8 Å². The summed E-state index contributed by atoms with van der Waals surface area (Å²) in [7, 11) is 0. The number of ether oxygens (including phenoxy) is 2. The topological polar surface area (TPSA) is 44.5 Å². The summed E-state index contributed by atoms with van der Waals surface area (Å²) in [6, 6.07) is 4.19. The maximum atomic E-state index is 6.08. The van der Waals surface area contributed by atoms with E-state index in [1.54, 1.807) is 0 Å². The molecule has 0 saturated heterocycles. The highest BCUT2D eigenvalue weighted by Crippen LogP contribution is 2.46. The van der Waals surface area contributed by atoms with Crippen LogP contribution in [0.2, 0.25) is 0 Å². The second kappa shape index (κ2) is 5.33. The largest absolute Gasteiger partial charge is 0.490 e.